The summed E-state index contributed by atoms with van der Waals surface area (Å²) in [6.45, 7) is 1.34. The number of nitrogens with two attached hydrogens (primary N) is 1. The van der Waals surface area contributed by atoms with E-state index in [0.29, 0.717) is 13.1 Å². The Balaban J connectivity index is 2.43. The monoisotopic (exact) mass is 245 g/mol. The van der Waals surface area contributed by atoms with Crippen molar-refractivity contribution in [1.82, 2.24) is 10.2 Å². The molecule has 1 rings (SSSR count). The Kier molecular flexibility index (Phi) is 5.17. The Morgan fingerprint density at radius 3 is 2.82 bits per heavy atom. The molecule has 0 spiro atoms. The Hall–Kier alpha value is -1.34. The summed E-state index contributed by atoms with van der Waals surface area (Å²) >= 11 is 0. The molecule has 1 heterocycles. The molecule has 0 bridgehead atoms. The van der Waals surface area contributed by atoms with E-state index in [9.17, 15) is 9.59 Å². The van der Waals surface area contributed by atoms with E-state index < -0.39 is 12.0 Å². The molecule has 0 aliphatic carbocycles. The van der Waals surface area contributed by atoms with Crippen molar-refractivity contribution in [2.24, 2.45) is 5.73 Å². The van der Waals surface area contributed by atoms with Crippen LogP contribution in [0.1, 0.15) is 12.8 Å². The smallest absolute Gasteiger partial charge is 0.326 e. The lowest BCUT2D eigenvalue weighted by Gasteiger charge is -2.20. The molecular formula is C10H19N3O4. The molecule has 98 valence electrons. The third kappa shape index (κ3) is 4.20. The second-order valence-corrected chi connectivity index (χ2v) is 4.12. The normalized spacial score (nSPS) is 21.3. The summed E-state index contributed by atoms with van der Waals surface area (Å²) in [5.41, 5.74) is 5.68. The number of carboxylic acid groups (broad SMARTS) is 1. The van der Waals surface area contributed by atoms with Gasteiger partial charge in [0, 0.05) is 39.3 Å². The first kappa shape index (κ1) is 13.7. The van der Waals surface area contributed by atoms with Crippen LogP contribution in [0.2, 0.25) is 0 Å². The number of methoxy groups -OCH3 is 1. The van der Waals surface area contributed by atoms with Crippen molar-refractivity contribution in [2.75, 3.05) is 26.8 Å². The van der Waals surface area contributed by atoms with Gasteiger partial charge in [-0.3, -0.25) is 0 Å². The summed E-state index contributed by atoms with van der Waals surface area (Å²) in [7, 11) is 1.49. The third-order valence-corrected chi connectivity index (χ3v) is 2.72. The molecule has 1 saturated heterocycles. The Bertz CT molecular complexity index is 285. The van der Waals surface area contributed by atoms with Crippen molar-refractivity contribution in [2.45, 2.75) is 24.9 Å². The number of carboxylic acids is 1. The van der Waals surface area contributed by atoms with E-state index in [1.54, 1.807) is 0 Å². The molecule has 2 unspecified atom stereocenters. The fraction of sp³-hybridized carbons (Fsp3) is 0.800. The first-order valence-corrected chi connectivity index (χ1v) is 5.57. The average Bonchev–Trinajstić information content (AvgIpc) is 2.70. The van der Waals surface area contributed by atoms with E-state index in [2.05, 4.69) is 5.32 Å². The lowest BCUT2D eigenvalue weighted by molar-refractivity contribution is -0.139. The molecule has 2 amide bonds. The van der Waals surface area contributed by atoms with Gasteiger partial charge in [-0.25, -0.2) is 9.59 Å². The van der Waals surface area contributed by atoms with Gasteiger partial charge in [-0.05, 0) is 6.42 Å². The maximum atomic E-state index is 11.7. The largest absolute Gasteiger partial charge is 0.480 e. The molecule has 0 radical (unpaired) electrons. The highest BCUT2D eigenvalue weighted by Gasteiger charge is 2.27. The second-order valence-electron chi connectivity index (χ2n) is 4.12. The molecule has 0 aromatic carbocycles. The minimum Gasteiger partial charge on any atom is -0.480 e. The van der Waals surface area contributed by atoms with E-state index in [4.69, 9.17) is 15.6 Å². The van der Waals surface area contributed by atoms with Gasteiger partial charge < -0.3 is 25.8 Å². The number of carbonyl (C=O) groups is 2. The van der Waals surface area contributed by atoms with Crippen LogP contribution in [0.5, 0.6) is 0 Å². The summed E-state index contributed by atoms with van der Waals surface area (Å²) in [6.07, 6.45) is 1.00. The number of rotatable bonds is 5. The van der Waals surface area contributed by atoms with Gasteiger partial charge in [0.25, 0.3) is 0 Å². The molecule has 0 saturated carbocycles. The van der Waals surface area contributed by atoms with Crippen LogP contribution >= 0.6 is 0 Å². The van der Waals surface area contributed by atoms with E-state index >= 15 is 0 Å². The molecule has 17 heavy (non-hydrogen) atoms. The number of nitrogens with zero attached hydrogens (tertiary/aromatic N) is 1. The second kappa shape index (κ2) is 6.41. The van der Waals surface area contributed by atoms with Crippen LogP contribution in [0.3, 0.4) is 0 Å². The zero-order chi connectivity index (χ0) is 12.8. The fourth-order valence-electron chi connectivity index (χ4n) is 1.71. The van der Waals surface area contributed by atoms with Crippen LogP contribution in [-0.2, 0) is 9.53 Å². The number of carbonyl (C=O) groups excluding carboxylic acids is 1. The molecule has 1 aliphatic rings. The van der Waals surface area contributed by atoms with E-state index in [1.807, 2.05) is 0 Å². The first-order valence-electron chi connectivity index (χ1n) is 5.57. The van der Waals surface area contributed by atoms with Gasteiger partial charge >= 0.3 is 12.0 Å². The lowest BCUT2D eigenvalue weighted by atomic mass is 10.2. The number of ether oxygens (including phenoxy) is 1. The van der Waals surface area contributed by atoms with Crippen molar-refractivity contribution in [3.05, 3.63) is 0 Å². The zero-order valence-electron chi connectivity index (χ0n) is 9.89. The quantitative estimate of drug-likeness (QED) is 0.589. The molecule has 7 heteroatoms. The highest BCUT2D eigenvalue weighted by atomic mass is 16.5. The lowest BCUT2D eigenvalue weighted by Crippen LogP contribution is -2.48. The van der Waals surface area contributed by atoms with Gasteiger partial charge in [-0.15, -0.1) is 0 Å². The average molecular weight is 245 g/mol. The molecule has 2 atom stereocenters. The molecule has 7 nitrogen and oxygen atoms in total. The third-order valence-electron chi connectivity index (χ3n) is 2.72. The van der Waals surface area contributed by atoms with E-state index in [0.717, 1.165) is 6.42 Å². The molecule has 0 aromatic heterocycles. The predicted molar refractivity (Wildman–Crippen MR) is 60.6 cm³/mol. The van der Waals surface area contributed by atoms with Crippen LogP contribution in [0.15, 0.2) is 0 Å². The number of likely N-dealkylation sites (tertiary alicyclic amines) is 1. The van der Waals surface area contributed by atoms with Crippen LogP contribution in [0.25, 0.3) is 0 Å². The number of urea groups is 1. The molecule has 1 fully saturated rings. The summed E-state index contributed by atoms with van der Waals surface area (Å²) in [4.78, 5) is 24.2. The summed E-state index contributed by atoms with van der Waals surface area (Å²) in [5, 5.41) is 11.4. The Labute approximate surface area is 99.9 Å². The molecule has 1 aliphatic heterocycles. The predicted octanol–water partition coefficient (Wildman–Crippen LogP) is -0.781. The maximum absolute atomic E-state index is 11.7. The number of aliphatic carboxylic acids is 1. The van der Waals surface area contributed by atoms with Gasteiger partial charge in [0.2, 0.25) is 0 Å². The highest BCUT2D eigenvalue weighted by molar-refractivity contribution is 5.82. The first-order chi connectivity index (χ1) is 8.04. The number of hydrogen-bond acceptors (Lipinski definition) is 4. The van der Waals surface area contributed by atoms with Crippen LogP contribution < -0.4 is 11.1 Å². The van der Waals surface area contributed by atoms with E-state index in [1.165, 1.54) is 12.0 Å². The Morgan fingerprint density at radius 1 is 1.65 bits per heavy atom. The SMILES string of the molecule is COCCC(NC(=O)N1CCC(N)C1)C(=O)O. The summed E-state index contributed by atoms with van der Waals surface area (Å²) < 4.78 is 4.80. The van der Waals surface area contributed by atoms with Crippen LogP contribution in [0, 0.1) is 0 Å². The summed E-state index contributed by atoms with van der Waals surface area (Å²) in [6, 6.07) is -1.30. The highest BCUT2D eigenvalue weighted by Crippen LogP contribution is 2.07. The van der Waals surface area contributed by atoms with Crippen molar-refractivity contribution in [3.63, 3.8) is 0 Å². The minimum absolute atomic E-state index is 0.0111. The van der Waals surface area contributed by atoms with Crippen molar-refractivity contribution >= 4 is 12.0 Å². The maximum Gasteiger partial charge on any atom is 0.326 e. The minimum atomic E-state index is -1.06. The standard InChI is InChI=1S/C10H19N3O4/c1-17-5-3-8(9(14)15)12-10(16)13-4-2-7(11)6-13/h7-8H,2-6,11H2,1H3,(H,12,16)(H,14,15). The number of hydrogen-bond donors (Lipinski definition) is 3. The van der Waals surface area contributed by atoms with Gasteiger partial charge in [0.1, 0.15) is 6.04 Å². The van der Waals surface area contributed by atoms with E-state index in [-0.39, 0.29) is 25.1 Å². The topological polar surface area (TPSA) is 105 Å². The molecular weight excluding hydrogens is 226 g/mol. The number of amides is 2. The summed E-state index contributed by atoms with van der Waals surface area (Å²) in [5.74, 6) is -1.06. The number of nitrogens with one attached hydrogen (secondary N) is 1. The van der Waals surface area contributed by atoms with Gasteiger partial charge in [0.15, 0.2) is 0 Å². The fourth-order valence-corrected chi connectivity index (χ4v) is 1.71. The molecule has 4 N–H and O–H groups in total. The van der Waals surface area contributed by atoms with Crippen LogP contribution in [0.4, 0.5) is 4.79 Å². The van der Waals surface area contributed by atoms with Gasteiger partial charge in [-0.1, -0.05) is 0 Å². The van der Waals surface area contributed by atoms with Crippen molar-refractivity contribution < 1.29 is 19.4 Å². The van der Waals surface area contributed by atoms with Gasteiger partial charge in [-0.2, -0.15) is 0 Å². The Morgan fingerprint density at radius 2 is 2.35 bits per heavy atom. The van der Waals surface area contributed by atoms with Gasteiger partial charge in [0.05, 0.1) is 0 Å². The van der Waals surface area contributed by atoms with Crippen LogP contribution in [-0.4, -0.2) is 60.9 Å². The van der Waals surface area contributed by atoms with Crippen molar-refractivity contribution in [3.8, 4) is 0 Å². The van der Waals surface area contributed by atoms with Crippen molar-refractivity contribution in [1.29, 1.82) is 0 Å². The molecule has 0 aromatic rings. The zero-order valence-corrected chi connectivity index (χ0v) is 9.89.